The van der Waals surface area contributed by atoms with E-state index in [0.29, 0.717) is 44.9 Å². The first-order chi connectivity index (χ1) is 14.5. The predicted octanol–water partition coefficient (Wildman–Crippen LogP) is 3.60. The molecule has 0 aliphatic carbocycles. The molecule has 1 fully saturated rings. The average Bonchev–Trinajstić information content (AvgIpc) is 2.78. The largest absolute Gasteiger partial charge is 0.494 e. The van der Waals surface area contributed by atoms with Gasteiger partial charge in [-0.2, -0.15) is 5.26 Å². The van der Waals surface area contributed by atoms with Crippen LogP contribution in [0.1, 0.15) is 18.1 Å². The van der Waals surface area contributed by atoms with Gasteiger partial charge in [-0.05, 0) is 42.8 Å². The molecule has 30 heavy (non-hydrogen) atoms. The molecule has 158 valence electrons. The van der Waals surface area contributed by atoms with Crippen molar-refractivity contribution in [1.82, 2.24) is 4.90 Å². The molecule has 0 aromatic heterocycles. The van der Waals surface area contributed by atoms with Crippen LogP contribution in [0.25, 0.3) is 0 Å². The van der Waals surface area contributed by atoms with Crippen LogP contribution in [-0.4, -0.2) is 50.9 Å². The lowest BCUT2D eigenvalue weighted by Crippen LogP contribution is -2.49. The van der Waals surface area contributed by atoms with Gasteiger partial charge in [-0.3, -0.25) is 0 Å². The lowest BCUT2D eigenvalue weighted by molar-refractivity contribution is 0.105. The molecule has 0 atom stereocenters. The molecule has 8 heteroatoms. The minimum absolute atomic E-state index is 0.198. The Bertz CT molecular complexity index is 936. The van der Waals surface area contributed by atoms with E-state index >= 15 is 0 Å². The zero-order valence-corrected chi connectivity index (χ0v) is 17.2. The molecular weight excluding hydrogens is 387 g/mol. The van der Waals surface area contributed by atoms with E-state index in [-0.39, 0.29) is 11.8 Å². The monoisotopic (exact) mass is 412 g/mol. The number of anilines is 2. The van der Waals surface area contributed by atoms with Crippen molar-refractivity contribution >= 4 is 17.5 Å². The van der Waals surface area contributed by atoms with Crippen LogP contribution in [0.4, 0.5) is 20.6 Å². The van der Waals surface area contributed by atoms with Crippen molar-refractivity contribution in [2.24, 2.45) is 0 Å². The number of nitrogens with one attached hydrogen (secondary N) is 1. The van der Waals surface area contributed by atoms with E-state index in [0.717, 1.165) is 16.9 Å². The number of nitriles is 1. The number of benzene rings is 2. The Morgan fingerprint density at radius 2 is 1.97 bits per heavy atom. The normalized spacial score (nSPS) is 13.5. The van der Waals surface area contributed by atoms with Gasteiger partial charge < -0.3 is 24.6 Å². The van der Waals surface area contributed by atoms with Crippen LogP contribution in [0.3, 0.4) is 0 Å². The van der Waals surface area contributed by atoms with Crippen molar-refractivity contribution in [2.45, 2.75) is 13.5 Å². The van der Waals surface area contributed by atoms with Crippen molar-refractivity contribution in [3.8, 4) is 11.8 Å². The Labute approximate surface area is 175 Å². The SMILES string of the molecule is CCOC(=O)N1CCN(c2ccc(NCc3ccc(F)c(OC)c3)cc2C#N)CC1. The predicted molar refractivity (Wildman–Crippen MR) is 112 cm³/mol. The summed E-state index contributed by atoms with van der Waals surface area (Å²) in [6, 6.07) is 12.6. The molecule has 3 rings (SSSR count). The maximum Gasteiger partial charge on any atom is 0.409 e. The molecule has 1 N–H and O–H groups in total. The van der Waals surface area contributed by atoms with E-state index in [1.54, 1.807) is 30.0 Å². The standard InChI is InChI=1S/C22H25FN4O3/c1-3-30-22(28)27-10-8-26(9-11-27)20-7-5-18(13-17(20)14-24)25-15-16-4-6-19(23)21(12-16)29-2/h4-7,12-13,25H,3,8-11,15H2,1-2H3. The fourth-order valence-corrected chi connectivity index (χ4v) is 3.37. The number of amides is 1. The molecule has 0 bridgehead atoms. The molecule has 2 aromatic carbocycles. The van der Waals surface area contributed by atoms with Gasteiger partial charge in [0.2, 0.25) is 0 Å². The Hall–Kier alpha value is -3.47. The smallest absolute Gasteiger partial charge is 0.409 e. The first kappa shape index (κ1) is 21.2. The maximum atomic E-state index is 13.5. The number of ether oxygens (including phenoxy) is 2. The van der Waals surface area contributed by atoms with Crippen LogP contribution in [0.5, 0.6) is 5.75 Å². The van der Waals surface area contributed by atoms with Gasteiger partial charge in [0.05, 0.1) is 25.0 Å². The van der Waals surface area contributed by atoms with Gasteiger partial charge >= 0.3 is 6.09 Å². The van der Waals surface area contributed by atoms with E-state index < -0.39 is 5.82 Å². The number of nitrogens with zero attached hydrogens (tertiary/aromatic N) is 3. The van der Waals surface area contributed by atoms with Crippen LogP contribution >= 0.6 is 0 Å². The third-order valence-electron chi connectivity index (χ3n) is 4.98. The Morgan fingerprint density at radius 1 is 1.20 bits per heavy atom. The first-order valence-corrected chi connectivity index (χ1v) is 9.82. The summed E-state index contributed by atoms with van der Waals surface area (Å²) in [6.45, 7) is 4.99. The van der Waals surface area contributed by atoms with Crippen LogP contribution < -0.4 is 15.0 Å². The second-order valence-corrected chi connectivity index (χ2v) is 6.84. The number of carbonyl (C=O) groups is 1. The fraction of sp³-hybridized carbons (Fsp3) is 0.364. The molecule has 1 aliphatic rings. The molecule has 1 heterocycles. The number of piperazine rings is 1. The van der Waals surface area contributed by atoms with Crippen LogP contribution in [0, 0.1) is 17.1 Å². The summed E-state index contributed by atoms with van der Waals surface area (Å²) in [5.74, 6) is -0.204. The van der Waals surface area contributed by atoms with Gasteiger partial charge in [-0.25, -0.2) is 9.18 Å². The maximum absolute atomic E-state index is 13.5. The molecule has 0 radical (unpaired) electrons. The van der Waals surface area contributed by atoms with E-state index in [4.69, 9.17) is 9.47 Å². The quantitative estimate of drug-likeness (QED) is 0.781. The van der Waals surface area contributed by atoms with Crippen LogP contribution in [0.2, 0.25) is 0 Å². The molecule has 0 saturated carbocycles. The second kappa shape index (κ2) is 9.83. The topological polar surface area (TPSA) is 77.8 Å². The summed E-state index contributed by atoms with van der Waals surface area (Å²) in [6.07, 6.45) is -0.297. The molecule has 1 amide bonds. The molecule has 1 aliphatic heterocycles. The molecular formula is C22H25FN4O3. The Balaban J connectivity index is 1.64. The minimum atomic E-state index is -0.402. The van der Waals surface area contributed by atoms with Gasteiger partial charge in [0, 0.05) is 38.4 Å². The zero-order valence-electron chi connectivity index (χ0n) is 17.2. The molecule has 1 saturated heterocycles. The number of methoxy groups -OCH3 is 1. The number of halogens is 1. The average molecular weight is 412 g/mol. The highest BCUT2D eigenvalue weighted by Crippen LogP contribution is 2.26. The zero-order chi connectivity index (χ0) is 21.5. The fourth-order valence-electron chi connectivity index (χ4n) is 3.37. The van der Waals surface area contributed by atoms with Crippen LogP contribution in [0.15, 0.2) is 36.4 Å². The number of hydrogen-bond donors (Lipinski definition) is 1. The lowest BCUT2D eigenvalue weighted by atomic mass is 10.1. The van der Waals surface area contributed by atoms with Crippen molar-refractivity contribution in [1.29, 1.82) is 5.26 Å². The number of hydrogen-bond acceptors (Lipinski definition) is 6. The third-order valence-corrected chi connectivity index (χ3v) is 4.98. The van der Waals surface area contributed by atoms with Crippen molar-refractivity contribution < 1.29 is 18.7 Å². The van der Waals surface area contributed by atoms with Crippen molar-refractivity contribution in [3.05, 3.63) is 53.3 Å². The molecule has 2 aromatic rings. The Kier molecular flexibility index (Phi) is 6.96. The highest BCUT2D eigenvalue weighted by Gasteiger charge is 2.23. The summed E-state index contributed by atoms with van der Waals surface area (Å²) in [5, 5.41) is 12.9. The molecule has 0 unspecified atom stereocenters. The first-order valence-electron chi connectivity index (χ1n) is 9.82. The Morgan fingerprint density at radius 3 is 2.63 bits per heavy atom. The summed E-state index contributed by atoms with van der Waals surface area (Å²) < 4.78 is 23.6. The van der Waals surface area contributed by atoms with Gasteiger partial charge in [-0.15, -0.1) is 0 Å². The highest BCUT2D eigenvalue weighted by atomic mass is 19.1. The summed E-state index contributed by atoms with van der Waals surface area (Å²) in [4.78, 5) is 15.6. The summed E-state index contributed by atoms with van der Waals surface area (Å²) in [5.41, 5.74) is 3.06. The number of carbonyl (C=O) groups excluding carboxylic acids is 1. The highest BCUT2D eigenvalue weighted by molar-refractivity contribution is 5.69. The van der Waals surface area contributed by atoms with Gasteiger partial charge in [0.1, 0.15) is 6.07 Å². The van der Waals surface area contributed by atoms with Crippen LogP contribution in [-0.2, 0) is 11.3 Å². The van der Waals surface area contributed by atoms with E-state index in [1.807, 2.05) is 12.1 Å². The molecule has 0 spiro atoms. The van der Waals surface area contributed by atoms with E-state index in [2.05, 4.69) is 16.3 Å². The van der Waals surface area contributed by atoms with Gasteiger partial charge in [0.25, 0.3) is 0 Å². The number of rotatable bonds is 6. The minimum Gasteiger partial charge on any atom is -0.494 e. The van der Waals surface area contributed by atoms with Crippen molar-refractivity contribution in [3.63, 3.8) is 0 Å². The summed E-state index contributed by atoms with van der Waals surface area (Å²) >= 11 is 0. The molecule has 7 nitrogen and oxygen atoms in total. The second-order valence-electron chi connectivity index (χ2n) is 6.84. The van der Waals surface area contributed by atoms with E-state index in [9.17, 15) is 14.4 Å². The third kappa shape index (κ3) is 4.92. The van der Waals surface area contributed by atoms with Gasteiger partial charge in [0.15, 0.2) is 11.6 Å². The summed E-state index contributed by atoms with van der Waals surface area (Å²) in [7, 11) is 1.43. The van der Waals surface area contributed by atoms with E-state index in [1.165, 1.54) is 13.2 Å². The van der Waals surface area contributed by atoms with Crippen molar-refractivity contribution in [2.75, 3.05) is 50.1 Å². The van der Waals surface area contributed by atoms with Gasteiger partial charge in [-0.1, -0.05) is 6.07 Å². The lowest BCUT2D eigenvalue weighted by Gasteiger charge is -2.35.